The molecule has 3 aromatic rings. The van der Waals surface area contributed by atoms with Crippen LogP contribution in [0.5, 0.6) is 0 Å². The Hall–Kier alpha value is -2.58. The van der Waals surface area contributed by atoms with Crippen molar-refractivity contribution in [2.75, 3.05) is 5.32 Å². The first-order chi connectivity index (χ1) is 14.6. The highest BCUT2D eigenvalue weighted by atomic mass is 35.6. The second-order valence-electron chi connectivity index (χ2n) is 6.44. The zero-order chi connectivity index (χ0) is 22.6. The standard InChI is InChI=1S/C21H16Cl3N3O3S/c22-21(23,24)19(27-20(31)25-14-8-3-7-13(11-14)18(29)30)26-17(28)16-10-4-6-12-5-1-2-9-15(12)16/h1-11,19H,(H,26,28)(H,29,30)(H2,25,27,31)/p-1. The topological polar surface area (TPSA) is 93.3 Å². The lowest BCUT2D eigenvalue weighted by Gasteiger charge is -2.28. The van der Waals surface area contributed by atoms with Crippen molar-refractivity contribution in [3.8, 4) is 0 Å². The number of carbonyl (C=O) groups is 2. The van der Waals surface area contributed by atoms with Crippen molar-refractivity contribution in [1.82, 2.24) is 10.6 Å². The van der Waals surface area contributed by atoms with Gasteiger partial charge in [-0.15, -0.1) is 0 Å². The quantitative estimate of drug-likeness (QED) is 0.284. The van der Waals surface area contributed by atoms with Crippen LogP contribution in [0.4, 0.5) is 5.69 Å². The summed E-state index contributed by atoms with van der Waals surface area (Å²) < 4.78 is -1.95. The Labute approximate surface area is 198 Å². The average Bonchev–Trinajstić information content (AvgIpc) is 2.72. The fraction of sp³-hybridized carbons (Fsp3) is 0.0952. The summed E-state index contributed by atoms with van der Waals surface area (Å²) in [6.07, 6.45) is -1.19. The van der Waals surface area contributed by atoms with Gasteiger partial charge < -0.3 is 25.9 Å². The number of amides is 1. The first-order valence-electron chi connectivity index (χ1n) is 8.89. The van der Waals surface area contributed by atoms with Gasteiger partial charge in [-0.3, -0.25) is 4.79 Å². The van der Waals surface area contributed by atoms with E-state index in [-0.39, 0.29) is 10.7 Å². The predicted octanol–water partition coefficient (Wildman–Crippen LogP) is 3.62. The van der Waals surface area contributed by atoms with E-state index in [1.165, 1.54) is 18.2 Å². The van der Waals surface area contributed by atoms with E-state index in [0.29, 0.717) is 11.3 Å². The van der Waals surface area contributed by atoms with Crippen LogP contribution in [0, 0.1) is 0 Å². The summed E-state index contributed by atoms with van der Waals surface area (Å²) in [6.45, 7) is 0. The van der Waals surface area contributed by atoms with E-state index >= 15 is 0 Å². The summed E-state index contributed by atoms with van der Waals surface area (Å²) in [4.78, 5) is 23.9. The van der Waals surface area contributed by atoms with Crippen molar-refractivity contribution in [2.45, 2.75) is 9.96 Å². The van der Waals surface area contributed by atoms with Gasteiger partial charge in [0.25, 0.3) is 5.91 Å². The van der Waals surface area contributed by atoms with Crippen molar-refractivity contribution in [3.05, 3.63) is 77.9 Å². The third-order valence-electron chi connectivity index (χ3n) is 4.27. The fourth-order valence-electron chi connectivity index (χ4n) is 2.85. The molecule has 0 saturated carbocycles. The van der Waals surface area contributed by atoms with E-state index in [1.54, 1.807) is 18.2 Å². The third-order valence-corrected chi connectivity index (χ3v) is 5.14. The van der Waals surface area contributed by atoms with Gasteiger partial charge in [-0.05, 0) is 46.8 Å². The van der Waals surface area contributed by atoms with Gasteiger partial charge in [-0.1, -0.05) is 83.3 Å². The number of carbonyl (C=O) groups excluding carboxylic acids is 2. The first-order valence-corrected chi connectivity index (χ1v) is 10.4. The summed E-state index contributed by atoms with van der Waals surface area (Å²) in [5.41, 5.74) is 0.748. The number of anilines is 1. The number of benzene rings is 3. The molecule has 0 aliphatic rings. The Balaban J connectivity index is 1.76. The van der Waals surface area contributed by atoms with Crippen LogP contribution in [0.3, 0.4) is 0 Å². The molecule has 0 aliphatic carbocycles. The maximum Gasteiger partial charge on any atom is 0.253 e. The minimum Gasteiger partial charge on any atom is -0.545 e. The van der Waals surface area contributed by atoms with Crippen LogP contribution < -0.4 is 21.1 Å². The number of thiocarbonyl (C=S) groups is 1. The van der Waals surface area contributed by atoms with Crippen LogP contribution in [0.15, 0.2) is 66.7 Å². The Morgan fingerprint density at radius 1 is 0.935 bits per heavy atom. The molecule has 0 aromatic heterocycles. The average molecular weight is 496 g/mol. The van der Waals surface area contributed by atoms with Crippen molar-refractivity contribution in [3.63, 3.8) is 0 Å². The molecule has 1 amide bonds. The monoisotopic (exact) mass is 494 g/mol. The lowest BCUT2D eigenvalue weighted by molar-refractivity contribution is -0.255. The Bertz CT molecular complexity index is 1150. The molecule has 0 aliphatic heterocycles. The molecule has 6 nitrogen and oxygen atoms in total. The van der Waals surface area contributed by atoms with Gasteiger partial charge in [0, 0.05) is 11.3 Å². The minimum atomic E-state index is -1.95. The maximum absolute atomic E-state index is 12.9. The number of carboxylic acid groups (broad SMARTS) is 1. The van der Waals surface area contributed by atoms with E-state index < -0.39 is 21.8 Å². The number of halogens is 3. The Kier molecular flexibility index (Phi) is 7.23. The summed E-state index contributed by atoms with van der Waals surface area (Å²) in [6, 6.07) is 18.5. The number of rotatable bonds is 5. The van der Waals surface area contributed by atoms with E-state index in [0.717, 1.165) is 10.8 Å². The van der Waals surface area contributed by atoms with Crippen LogP contribution in [-0.2, 0) is 0 Å². The zero-order valence-electron chi connectivity index (χ0n) is 15.7. The molecule has 0 fully saturated rings. The molecule has 3 rings (SSSR count). The van der Waals surface area contributed by atoms with Gasteiger partial charge in [0.1, 0.15) is 6.17 Å². The molecule has 1 unspecified atom stereocenters. The molecule has 3 aromatic carbocycles. The highest BCUT2D eigenvalue weighted by molar-refractivity contribution is 7.80. The Morgan fingerprint density at radius 3 is 2.32 bits per heavy atom. The number of aromatic carboxylic acids is 1. The molecule has 0 saturated heterocycles. The van der Waals surface area contributed by atoms with Gasteiger partial charge in [0.15, 0.2) is 5.11 Å². The van der Waals surface area contributed by atoms with E-state index in [2.05, 4.69) is 16.0 Å². The van der Waals surface area contributed by atoms with Crippen LogP contribution in [0.1, 0.15) is 20.7 Å². The van der Waals surface area contributed by atoms with Crippen LogP contribution >= 0.6 is 47.0 Å². The molecule has 31 heavy (non-hydrogen) atoms. The molecular formula is C21H15Cl3N3O3S-. The molecule has 0 bridgehead atoms. The first kappa shape index (κ1) is 23.1. The number of fused-ring (bicyclic) bond motifs is 1. The molecule has 0 spiro atoms. The number of nitrogens with one attached hydrogen (secondary N) is 3. The number of alkyl halides is 3. The highest BCUT2D eigenvalue weighted by Crippen LogP contribution is 2.30. The second-order valence-corrected chi connectivity index (χ2v) is 9.22. The van der Waals surface area contributed by atoms with Gasteiger partial charge in [-0.25, -0.2) is 0 Å². The van der Waals surface area contributed by atoms with Gasteiger partial charge in [0.2, 0.25) is 3.79 Å². The van der Waals surface area contributed by atoms with Gasteiger partial charge in [0.05, 0.1) is 5.97 Å². The molecule has 0 heterocycles. The molecular weight excluding hydrogens is 481 g/mol. The molecule has 10 heteroatoms. The minimum absolute atomic E-state index is 0.00467. The molecule has 160 valence electrons. The maximum atomic E-state index is 12.9. The highest BCUT2D eigenvalue weighted by Gasteiger charge is 2.35. The fourth-order valence-corrected chi connectivity index (χ4v) is 3.42. The Morgan fingerprint density at radius 2 is 1.61 bits per heavy atom. The lowest BCUT2D eigenvalue weighted by atomic mass is 10.0. The number of hydrogen-bond acceptors (Lipinski definition) is 4. The van der Waals surface area contributed by atoms with Crippen LogP contribution in [0.2, 0.25) is 0 Å². The summed E-state index contributed by atoms with van der Waals surface area (Å²) in [5, 5.41) is 20.8. The van der Waals surface area contributed by atoms with Gasteiger partial charge in [-0.2, -0.15) is 0 Å². The normalized spacial score (nSPS) is 12.1. The van der Waals surface area contributed by atoms with Crippen molar-refractivity contribution in [1.29, 1.82) is 0 Å². The number of hydrogen-bond donors (Lipinski definition) is 3. The summed E-state index contributed by atoms with van der Waals surface area (Å²) in [5.74, 6) is -1.80. The largest absolute Gasteiger partial charge is 0.545 e. The van der Waals surface area contributed by atoms with E-state index in [1.807, 2.05) is 30.3 Å². The number of carboxylic acids is 1. The predicted molar refractivity (Wildman–Crippen MR) is 126 cm³/mol. The summed E-state index contributed by atoms with van der Waals surface area (Å²) >= 11 is 23.4. The summed E-state index contributed by atoms with van der Waals surface area (Å²) in [7, 11) is 0. The molecule has 0 radical (unpaired) electrons. The van der Waals surface area contributed by atoms with Crippen LogP contribution in [-0.4, -0.2) is 26.9 Å². The smallest absolute Gasteiger partial charge is 0.253 e. The van der Waals surface area contributed by atoms with Crippen LogP contribution in [0.25, 0.3) is 10.8 Å². The van der Waals surface area contributed by atoms with Crippen molar-refractivity contribution in [2.24, 2.45) is 0 Å². The van der Waals surface area contributed by atoms with E-state index in [4.69, 9.17) is 47.0 Å². The lowest BCUT2D eigenvalue weighted by Crippen LogP contribution is -2.56. The zero-order valence-corrected chi connectivity index (χ0v) is 18.8. The van der Waals surface area contributed by atoms with Crippen molar-refractivity contribution < 1.29 is 14.7 Å². The second kappa shape index (κ2) is 9.70. The molecule has 1 atom stereocenters. The van der Waals surface area contributed by atoms with Crippen molar-refractivity contribution >= 4 is 80.5 Å². The van der Waals surface area contributed by atoms with Gasteiger partial charge >= 0.3 is 0 Å². The SMILES string of the molecule is O=C([O-])c1cccc(NC(=S)NC(NC(=O)c2cccc3ccccc23)C(Cl)(Cl)Cl)c1. The third kappa shape index (κ3) is 5.98. The molecule has 3 N–H and O–H groups in total. The van der Waals surface area contributed by atoms with E-state index in [9.17, 15) is 14.7 Å².